The van der Waals surface area contributed by atoms with Gasteiger partial charge in [-0.15, -0.1) is 0 Å². The van der Waals surface area contributed by atoms with Crippen molar-refractivity contribution in [1.82, 2.24) is 9.62 Å². The second-order valence-electron chi connectivity index (χ2n) is 8.19. The van der Waals surface area contributed by atoms with Crippen LogP contribution < -0.4 is 10.6 Å². The zero-order valence-corrected chi connectivity index (χ0v) is 19.5. The summed E-state index contributed by atoms with van der Waals surface area (Å²) in [6, 6.07) is 23.8. The van der Waals surface area contributed by atoms with Crippen molar-refractivity contribution < 1.29 is 18.0 Å². The van der Waals surface area contributed by atoms with E-state index in [9.17, 15) is 18.0 Å². The molecule has 3 aromatic rings. The number of carbonyl (C=O) groups is 2. The number of nitrogens with zero attached hydrogens (tertiary/aromatic N) is 1. The van der Waals surface area contributed by atoms with E-state index in [-0.39, 0.29) is 23.1 Å². The van der Waals surface area contributed by atoms with Gasteiger partial charge in [0, 0.05) is 24.3 Å². The molecule has 0 aliphatic carbocycles. The maximum atomic E-state index is 12.9. The van der Waals surface area contributed by atoms with Gasteiger partial charge in [0.05, 0.1) is 17.4 Å². The number of carbonyl (C=O) groups excluding carboxylic acids is 2. The van der Waals surface area contributed by atoms with E-state index in [1.54, 1.807) is 36.4 Å². The van der Waals surface area contributed by atoms with Gasteiger partial charge in [0.15, 0.2) is 0 Å². The van der Waals surface area contributed by atoms with E-state index in [4.69, 9.17) is 0 Å². The van der Waals surface area contributed by atoms with E-state index in [0.717, 1.165) is 18.4 Å². The summed E-state index contributed by atoms with van der Waals surface area (Å²) < 4.78 is 27.2. The number of nitrogens with one attached hydrogen (secondary N) is 2. The molecule has 0 spiro atoms. The third-order valence-electron chi connectivity index (χ3n) is 5.75. The maximum Gasteiger partial charge on any atom is 0.251 e. The average molecular weight is 478 g/mol. The molecule has 0 bridgehead atoms. The summed E-state index contributed by atoms with van der Waals surface area (Å²) in [7, 11) is -3.58. The van der Waals surface area contributed by atoms with Gasteiger partial charge < -0.3 is 10.6 Å². The maximum absolute atomic E-state index is 12.9. The standard InChI is InChI=1S/C26H27N3O4S/c30-25(27-22-14-9-15-23(18-22)34(32,33)29-16-7-8-17-29)19-24(20-10-3-1-4-11-20)28-26(31)21-12-5-2-6-13-21/h1-6,9-15,18,24H,7-8,16-17,19H2,(H,27,30)(H,28,31). The van der Waals surface area contributed by atoms with Crippen LogP contribution in [-0.2, 0) is 14.8 Å². The Morgan fingerprint density at radius 1 is 0.853 bits per heavy atom. The van der Waals surface area contributed by atoms with Crippen LogP contribution in [0.2, 0.25) is 0 Å². The highest BCUT2D eigenvalue weighted by atomic mass is 32.2. The summed E-state index contributed by atoms with van der Waals surface area (Å²) in [4.78, 5) is 25.8. The summed E-state index contributed by atoms with van der Waals surface area (Å²) >= 11 is 0. The third kappa shape index (κ3) is 5.70. The van der Waals surface area contributed by atoms with Gasteiger partial charge in [-0.3, -0.25) is 9.59 Å². The predicted octanol–water partition coefficient (Wildman–Crippen LogP) is 3.97. The van der Waals surface area contributed by atoms with E-state index in [1.807, 2.05) is 36.4 Å². The second-order valence-corrected chi connectivity index (χ2v) is 10.1. The van der Waals surface area contributed by atoms with Gasteiger partial charge in [0.2, 0.25) is 15.9 Å². The second kappa shape index (κ2) is 10.6. The summed E-state index contributed by atoms with van der Waals surface area (Å²) in [6.45, 7) is 1.03. The minimum atomic E-state index is -3.58. The Balaban J connectivity index is 1.48. The molecule has 1 aliphatic rings. The molecule has 1 saturated heterocycles. The van der Waals surface area contributed by atoms with Crippen molar-refractivity contribution >= 4 is 27.5 Å². The Morgan fingerprint density at radius 2 is 1.50 bits per heavy atom. The Hall–Kier alpha value is -3.49. The number of hydrogen-bond donors (Lipinski definition) is 2. The van der Waals surface area contributed by atoms with Crippen LogP contribution in [0.3, 0.4) is 0 Å². The first-order valence-electron chi connectivity index (χ1n) is 11.2. The fourth-order valence-electron chi connectivity index (χ4n) is 3.98. The molecular weight excluding hydrogens is 450 g/mol. The lowest BCUT2D eigenvalue weighted by Crippen LogP contribution is -2.31. The van der Waals surface area contributed by atoms with Crippen LogP contribution >= 0.6 is 0 Å². The third-order valence-corrected chi connectivity index (χ3v) is 7.65. The molecule has 176 valence electrons. The molecule has 34 heavy (non-hydrogen) atoms. The summed E-state index contributed by atoms with van der Waals surface area (Å²) in [6.07, 6.45) is 1.70. The molecule has 0 radical (unpaired) electrons. The molecule has 2 N–H and O–H groups in total. The average Bonchev–Trinajstić information content (AvgIpc) is 3.41. The minimum Gasteiger partial charge on any atom is -0.345 e. The minimum absolute atomic E-state index is 0.00824. The molecule has 1 unspecified atom stereocenters. The topological polar surface area (TPSA) is 95.6 Å². The van der Waals surface area contributed by atoms with E-state index < -0.39 is 16.1 Å². The first-order chi connectivity index (χ1) is 16.4. The highest BCUT2D eigenvalue weighted by Gasteiger charge is 2.27. The van der Waals surface area contributed by atoms with Crippen molar-refractivity contribution in [3.8, 4) is 0 Å². The molecule has 1 aliphatic heterocycles. The monoisotopic (exact) mass is 477 g/mol. The van der Waals surface area contributed by atoms with Crippen LogP contribution in [0.25, 0.3) is 0 Å². The largest absolute Gasteiger partial charge is 0.345 e. The van der Waals surface area contributed by atoms with Crippen molar-refractivity contribution in [1.29, 1.82) is 0 Å². The Labute approximate surface area is 199 Å². The number of hydrogen-bond acceptors (Lipinski definition) is 4. The van der Waals surface area contributed by atoms with Crippen molar-refractivity contribution in [3.63, 3.8) is 0 Å². The lowest BCUT2D eigenvalue weighted by atomic mass is 10.0. The van der Waals surface area contributed by atoms with Crippen molar-refractivity contribution in [3.05, 3.63) is 96.1 Å². The van der Waals surface area contributed by atoms with Gasteiger partial charge in [-0.25, -0.2) is 8.42 Å². The Bertz CT molecular complexity index is 1240. The predicted molar refractivity (Wildman–Crippen MR) is 131 cm³/mol. The van der Waals surface area contributed by atoms with Crippen LogP contribution in [-0.4, -0.2) is 37.6 Å². The lowest BCUT2D eigenvalue weighted by Gasteiger charge is -2.20. The van der Waals surface area contributed by atoms with Crippen LogP contribution in [0, 0.1) is 0 Å². The first kappa shape index (κ1) is 23.7. The number of benzene rings is 3. The molecule has 0 aromatic heterocycles. The van der Waals surface area contributed by atoms with Gasteiger partial charge in [0.1, 0.15) is 0 Å². The van der Waals surface area contributed by atoms with Gasteiger partial charge in [-0.2, -0.15) is 4.31 Å². The summed E-state index contributed by atoms with van der Waals surface area (Å²) in [5, 5.41) is 5.72. The molecule has 3 aromatic carbocycles. The SMILES string of the molecule is O=C(CC(NC(=O)c1ccccc1)c1ccccc1)Nc1cccc(S(=O)(=O)N2CCCC2)c1. The van der Waals surface area contributed by atoms with E-state index in [0.29, 0.717) is 24.3 Å². The highest BCUT2D eigenvalue weighted by Crippen LogP contribution is 2.24. The summed E-state index contributed by atoms with van der Waals surface area (Å²) in [5.74, 6) is -0.612. The number of rotatable bonds is 8. The molecule has 2 amide bonds. The number of amides is 2. The molecule has 4 rings (SSSR count). The first-order valence-corrected chi connectivity index (χ1v) is 12.7. The van der Waals surface area contributed by atoms with Crippen LogP contribution in [0.1, 0.15) is 41.2 Å². The van der Waals surface area contributed by atoms with Gasteiger partial charge in [-0.05, 0) is 48.7 Å². The van der Waals surface area contributed by atoms with Gasteiger partial charge in [-0.1, -0.05) is 54.6 Å². The molecule has 1 heterocycles. The zero-order valence-electron chi connectivity index (χ0n) is 18.7. The van der Waals surface area contributed by atoms with E-state index in [2.05, 4.69) is 10.6 Å². The van der Waals surface area contributed by atoms with Crippen molar-refractivity contribution in [2.75, 3.05) is 18.4 Å². The fraction of sp³-hybridized carbons (Fsp3) is 0.231. The quantitative estimate of drug-likeness (QED) is 0.513. The van der Waals surface area contributed by atoms with Gasteiger partial charge in [0.25, 0.3) is 5.91 Å². The normalized spacial score (nSPS) is 14.9. The van der Waals surface area contributed by atoms with Gasteiger partial charge >= 0.3 is 0 Å². The Morgan fingerprint density at radius 3 is 2.18 bits per heavy atom. The van der Waals surface area contributed by atoms with Crippen molar-refractivity contribution in [2.24, 2.45) is 0 Å². The van der Waals surface area contributed by atoms with Crippen LogP contribution in [0.15, 0.2) is 89.8 Å². The van der Waals surface area contributed by atoms with Crippen LogP contribution in [0.4, 0.5) is 5.69 Å². The fourth-order valence-corrected chi connectivity index (χ4v) is 5.54. The molecule has 8 heteroatoms. The summed E-state index contributed by atoms with van der Waals surface area (Å²) in [5.41, 5.74) is 1.70. The number of anilines is 1. The molecule has 1 fully saturated rings. The number of sulfonamides is 1. The smallest absolute Gasteiger partial charge is 0.251 e. The van der Waals surface area contributed by atoms with E-state index >= 15 is 0 Å². The Kier molecular flexibility index (Phi) is 7.40. The van der Waals surface area contributed by atoms with Crippen LogP contribution in [0.5, 0.6) is 0 Å². The molecule has 0 saturated carbocycles. The molecule has 7 nitrogen and oxygen atoms in total. The highest BCUT2D eigenvalue weighted by molar-refractivity contribution is 7.89. The molecular formula is C26H27N3O4S. The zero-order chi connectivity index (χ0) is 24.0. The van der Waals surface area contributed by atoms with E-state index in [1.165, 1.54) is 16.4 Å². The lowest BCUT2D eigenvalue weighted by molar-refractivity contribution is -0.116. The molecule has 1 atom stereocenters. The van der Waals surface area contributed by atoms with Crippen molar-refractivity contribution in [2.45, 2.75) is 30.2 Å².